The molecule has 1 fully saturated rings. The molecular weight excluding hydrogens is 366 g/mol. The van der Waals surface area contributed by atoms with Crippen molar-refractivity contribution in [1.29, 1.82) is 0 Å². The molecule has 1 atom stereocenters. The molecule has 0 saturated carbocycles. The van der Waals surface area contributed by atoms with E-state index < -0.39 is 6.10 Å². The second-order valence-electron chi connectivity index (χ2n) is 7.45. The molecule has 1 N–H and O–H groups in total. The summed E-state index contributed by atoms with van der Waals surface area (Å²) < 4.78 is 5.85. The number of fused-ring (bicyclic) bond motifs is 1. The zero-order valence-electron chi connectivity index (χ0n) is 15.9. The summed E-state index contributed by atoms with van der Waals surface area (Å²) in [6.45, 7) is 8.01. The number of hydrogen-bond donors (Lipinski definition) is 1. The fourth-order valence-electron chi connectivity index (χ4n) is 3.67. The maximum absolute atomic E-state index is 10.3. The van der Waals surface area contributed by atoms with Gasteiger partial charge in [0.1, 0.15) is 0 Å². The molecule has 2 aliphatic rings. The molecule has 1 aliphatic heterocycles. The van der Waals surface area contributed by atoms with Crippen LogP contribution < -0.4 is 0 Å². The number of aliphatic hydroxyl groups is 1. The van der Waals surface area contributed by atoms with Gasteiger partial charge in [0, 0.05) is 36.2 Å². The van der Waals surface area contributed by atoms with E-state index in [1.54, 1.807) is 0 Å². The van der Waals surface area contributed by atoms with Crippen molar-refractivity contribution >= 4 is 28.4 Å². The number of aliphatic hydroxyl groups excluding tert-OH is 1. The highest BCUT2D eigenvalue weighted by atomic mass is 35.5. The number of nitrogens with zero attached hydrogens (tertiary/aromatic N) is 1. The Balaban J connectivity index is 1.57. The SMILES string of the molecule is Cc1cc2c(cc1C)C(Cl)=C(COCC(O)CN1CCSCC1)CCC2. The molecule has 26 heavy (non-hydrogen) atoms. The summed E-state index contributed by atoms with van der Waals surface area (Å²) in [4.78, 5) is 2.32. The van der Waals surface area contributed by atoms with Crippen molar-refractivity contribution in [1.82, 2.24) is 4.90 Å². The van der Waals surface area contributed by atoms with E-state index in [1.807, 2.05) is 11.8 Å². The molecule has 1 saturated heterocycles. The summed E-state index contributed by atoms with van der Waals surface area (Å²) in [6.07, 6.45) is 2.69. The van der Waals surface area contributed by atoms with Gasteiger partial charge in [-0.05, 0) is 60.9 Å². The van der Waals surface area contributed by atoms with Crippen molar-refractivity contribution in [3.8, 4) is 0 Å². The molecule has 144 valence electrons. The molecule has 0 spiro atoms. The molecule has 1 aromatic rings. The van der Waals surface area contributed by atoms with Gasteiger partial charge in [0.25, 0.3) is 0 Å². The molecule has 0 radical (unpaired) electrons. The van der Waals surface area contributed by atoms with Gasteiger partial charge >= 0.3 is 0 Å². The van der Waals surface area contributed by atoms with Gasteiger partial charge in [0.2, 0.25) is 0 Å². The summed E-state index contributed by atoms with van der Waals surface area (Å²) in [5.41, 5.74) is 6.27. The smallest absolute Gasteiger partial charge is 0.0900 e. The van der Waals surface area contributed by atoms with Gasteiger partial charge in [-0.3, -0.25) is 4.90 Å². The Kier molecular flexibility index (Phi) is 7.47. The lowest BCUT2D eigenvalue weighted by Gasteiger charge is -2.28. The van der Waals surface area contributed by atoms with Crippen molar-refractivity contribution in [2.75, 3.05) is 44.4 Å². The Hall–Kier alpha value is -0.520. The molecule has 5 heteroatoms. The highest BCUT2D eigenvalue weighted by Gasteiger charge is 2.18. The van der Waals surface area contributed by atoms with Crippen molar-refractivity contribution in [2.24, 2.45) is 0 Å². The summed E-state index contributed by atoms with van der Waals surface area (Å²) in [6, 6.07) is 4.49. The molecule has 1 aromatic carbocycles. The largest absolute Gasteiger partial charge is 0.389 e. The molecule has 1 aliphatic carbocycles. The fraction of sp³-hybridized carbons (Fsp3) is 0.619. The Morgan fingerprint density at radius 3 is 2.69 bits per heavy atom. The lowest BCUT2D eigenvalue weighted by atomic mass is 9.98. The number of aryl methyl sites for hydroxylation is 3. The lowest BCUT2D eigenvalue weighted by molar-refractivity contribution is 0.0257. The number of halogens is 1. The predicted molar refractivity (Wildman–Crippen MR) is 112 cm³/mol. The predicted octanol–water partition coefficient (Wildman–Crippen LogP) is 4.02. The third-order valence-corrected chi connectivity index (χ3v) is 6.76. The van der Waals surface area contributed by atoms with Crippen LogP contribution in [-0.4, -0.2) is 60.5 Å². The molecule has 1 heterocycles. The quantitative estimate of drug-likeness (QED) is 0.788. The zero-order valence-corrected chi connectivity index (χ0v) is 17.5. The van der Waals surface area contributed by atoms with Crippen molar-refractivity contribution in [2.45, 2.75) is 39.2 Å². The van der Waals surface area contributed by atoms with E-state index >= 15 is 0 Å². The average molecular weight is 396 g/mol. The standard InChI is InChI=1S/C21H30ClNO2S/c1-15-10-17-4-3-5-18(21(22)20(17)11-16(15)2)13-25-14-19(24)12-23-6-8-26-9-7-23/h10-11,19,24H,3-9,12-14H2,1-2H3. The summed E-state index contributed by atoms with van der Waals surface area (Å²) in [5, 5.41) is 11.1. The maximum atomic E-state index is 10.3. The van der Waals surface area contributed by atoms with Gasteiger partial charge < -0.3 is 9.84 Å². The van der Waals surface area contributed by atoms with Gasteiger partial charge in [0.15, 0.2) is 0 Å². The number of rotatable bonds is 6. The Morgan fingerprint density at radius 2 is 1.92 bits per heavy atom. The number of benzene rings is 1. The van der Waals surface area contributed by atoms with E-state index in [4.69, 9.17) is 16.3 Å². The van der Waals surface area contributed by atoms with Crippen LogP contribution in [0, 0.1) is 13.8 Å². The number of ether oxygens (including phenoxy) is 1. The van der Waals surface area contributed by atoms with Crippen LogP contribution >= 0.6 is 23.4 Å². The minimum atomic E-state index is -0.430. The Morgan fingerprint density at radius 1 is 1.19 bits per heavy atom. The second-order valence-corrected chi connectivity index (χ2v) is 9.05. The molecule has 1 unspecified atom stereocenters. The van der Waals surface area contributed by atoms with Crippen LogP contribution in [0.1, 0.15) is 35.1 Å². The van der Waals surface area contributed by atoms with Crippen LogP contribution in [-0.2, 0) is 11.2 Å². The third-order valence-electron chi connectivity index (χ3n) is 5.35. The first kappa shape index (κ1) is 20.2. The molecular formula is C21H30ClNO2S. The van der Waals surface area contributed by atoms with Crippen LogP contribution in [0.25, 0.3) is 5.03 Å². The number of hydrogen-bond acceptors (Lipinski definition) is 4. The van der Waals surface area contributed by atoms with Crippen LogP contribution in [0.5, 0.6) is 0 Å². The van der Waals surface area contributed by atoms with E-state index in [9.17, 15) is 5.11 Å². The van der Waals surface area contributed by atoms with Gasteiger partial charge in [0.05, 0.1) is 19.3 Å². The normalized spacial score (nSPS) is 20.0. The van der Waals surface area contributed by atoms with Crippen LogP contribution in [0.4, 0.5) is 0 Å². The molecule has 0 amide bonds. The molecule has 0 bridgehead atoms. The van der Waals surface area contributed by atoms with E-state index in [1.165, 1.54) is 16.7 Å². The van der Waals surface area contributed by atoms with Crippen molar-refractivity contribution in [3.05, 3.63) is 40.0 Å². The number of β-amino-alcohol motifs (C(OH)–C–C–N with tert-alkyl or cyclic N) is 1. The molecule has 3 nitrogen and oxygen atoms in total. The topological polar surface area (TPSA) is 32.7 Å². The minimum Gasteiger partial charge on any atom is -0.389 e. The van der Waals surface area contributed by atoms with E-state index in [-0.39, 0.29) is 0 Å². The first-order valence-corrected chi connectivity index (χ1v) is 11.1. The minimum absolute atomic E-state index is 0.372. The highest BCUT2D eigenvalue weighted by Crippen LogP contribution is 2.34. The number of thioether (sulfide) groups is 1. The Labute approximate surface area is 166 Å². The third kappa shape index (κ3) is 5.26. The van der Waals surface area contributed by atoms with Gasteiger partial charge in [-0.25, -0.2) is 0 Å². The zero-order chi connectivity index (χ0) is 18.5. The Bertz CT molecular complexity index is 656. The summed E-state index contributed by atoms with van der Waals surface area (Å²) in [7, 11) is 0. The van der Waals surface area contributed by atoms with Crippen LogP contribution in [0.15, 0.2) is 17.7 Å². The molecule has 0 aromatic heterocycles. The van der Waals surface area contributed by atoms with Crippen LogP contribution in [0.3, 0.4) is 0 Å². The van der Waals surface area contributed by atoms with Crippen molar-refractivity contribution in [3.63, 3.8) is 0 Å². The monoisotopic (exact) mass is 395 g/mol. The highest BCUT2D eigenvalue weighted by molar-refractivity contribution is 7.99. The maximum Gasteiger partial charge on any atom is 0.0900 e. The van der Waals surface area contributed by atoms with Gasteiger partial charge in [-0.1, -0.05) is 23.7 Å². The summed E-state index contributed by atoms with van der Waals surface area (Å²) >= 11 is 8.72. The van der Waals surface area contributed by atoms with E-state index in [0.29, 0.717) is 19.8 Å². The van der Waals surface area contributed by atoms with Gasteiger partial charge in [-0.2, -0.15) is 11.8 Å². The van der Waals surface area contributed by atoms with Crippen LogP contribution in [0.2, 0.25) is 0 Å². The first-order valence-electron chi connectivity index (χ1n) is 9.58. The van der Waals surface area contributed by atoms with Gasteiger partial charge in [-0.15, -0.1) is 0 Å². The van der Waals surface area contributed by atoms with E-state index in [0.717, 1.165) is 60.0 Å². The van der Waals surface area contributed by atoms with E-state index in [2.05, 4.69) is 30.9 Å². The fourth-order valence-corrected chi connectivity index (χ4v) is 4.97. The second kappa shape index (κ2) is 9.61. The summed E-state index contributed by atoms with van der Waals surface area (Å²) in [5.74, 6) is 2.32. The van der Waals surface area contributed by atoms with Crippen molar-refractivity contribution < 1.29 is 9.84 Å². The lowest BCUT2D eigenvalue weighted by Crippen LogP contribution is -2.40. The molecule has 3 rings (SSSR count). The average Bonchev–Trinajstić information content (AvgIpc) is 2.76. The first-order chi connectivity index (χ1) is 12.5.